The van der Waals surface area contributed by atoms with Crippen molar-refractivity contribution in [2.45, 2.75) is 45.7 Å². The number of aryl methyl sites for hydroxylation is 2. The van der Waals surface area contributed by atoms with Crippen molar-refractivity contribution >= 4 is 0 Å². The molecule has 0 unspecified atom stereocenters. The zero-order chi connectivity index (χ0) is 11.5. The van der Waals surface area contributed by atoms with Crippen LogP contribution in [-0.2, 0) is 6.54 Å². The van der Waals surface area contributed by atoms with Crippen molar-refractivity contribution in [3.63, 3.8) is 0 Å². The molecule has 0 bridgehead atoms. The third-order valence-electron chi connectivity index (χ3n) is 3.12. The third kappa shape index (κ3) is 2.95. The van der Waals surface area contributed by atoms with Crippen molar-refractivity contribution in [1.82, 2.24) is 9.88 Å². The lowest BCUT2D eigenvalue weighted by molar-refractivity contribution is 0.561. The number of nitrogens with one attached hydrogen (secondary N) is 1. The van der Waals surface area contributed by atoms with Crippen LogP contribution in [-0.4, -0.2) is 17.2 Å². The van der Waals surface area contributed by atoms with E-state index in [-0.39, 0.29) is 5.43 Å². The Morgan fingerprint density at radius 2 is 1.94 bits per heavy atom. The molecule has 1 aliphatic rings. The Morgan fingerprint density at radius 1 is 1.31 bits per heavy atom. The highest BCUT2D eigenvalue weighted by molar-refractivity contribution is 5.12. The van der Waals surface area contributed by atoms with Crippen molar-refractivity contribution in [3.05, 3.63) is 33.7 Å². The molecule has 0 amide bonds. The van der Waals surface area contributed by atoms with E-state index < -0.39 is 0 Å². The summed E-state index contributed by atoms with van der Waals surface area (Å²) in [5, 5.41) is 3.50. The first kappa shape index (κ1) is 11.4. The van der Waals surface area contributed by atoms with E-state index in [9.17, 15) is 4.79 Å². The number of rotatable bonds is 5. The maximum atomic E-state index is 11.3. The van der Waals surface area contributed by atoms with Gasteiger partial charge in [-0.3, -0.25) is 4.79 Å². The van der Waals surface area contributed by atoms with Gasteiger partial charge in [-0.2, -0.15) is 0 Å². The van der Waals surface area contributed by atoms with E-state index in [4.69, 9.17) is 0 Å². The fourth-order valence-electron chi connectivity index (χ4n) is 2.07. The van der Waals surface area contributed by atoms with Crippen LogP contribution in [0.15, 0.2) is 16.9 Å². The van der Waals surface area contributed by atoms with Gasteiger partial charge in [-0.25, -0.2) is 0 Å². The van der Waals surface area contributed by atoms with Gasteiger partial charge in [-0.15, -0.1) is 0 Å². The number of pyridine rings is 1. The van der Waals surface area contributed by atoms with Gasteiger partial charge >= 0.3 is 0 Å². The summed E-state index contributed by atoms with van der Waals surface area (Å²) in [5.41, 5.74) is 2.25. The molecule has 0 saturated heterocycles. The normalized spacial score (nSPS) is 15.4. The molecule has 1 aliphatic carbocycles. The predicted octanol–water partition coefficient (Wildman–Crippen LogP) is 1.61. The molecule has 1 aromatic rings. The summed E-state index contributed by atoms with van der Waals surface area (Å²) in [6, 6.07) is 4.21. The SMILES string of the molecule is Cc1cc(=O)cc(C)n1CCCNC1CC1. The Morgan fingerprint density at radius 3 is 2.50 bits per heavy atom. The van der Waals surface area contributed by atoms with Gasteiger partial charge in [-0.1, -0.05) is 0 Å². The third-order valence-corrected chi connectivity index (χ3v) is 3.12. The molecule has 3 heteroatoms. The summed E-state index contributed by atoms with van der Waals surface area (Å²) < 4.78 is 2.22. The molecular formula is C13H20N2O. The van der Waals surface area contributed by atoms with Gasteiger partial charge in [0, 0.05) is 36.1 Å². The average Bonchev–Trinajstić information content (AvgIpc) is 2.98. The van der Waals surface area contributed by atoms with Crippen LogP contribution in [0.4, 0.5) is 0 Å². The minimum Gasteiger partial charge on any atom is -0.349 e. The Hall–Kier alpha value is -1.09. The second-order valence-electron chi connectivity index (χ2n) is 4.71. The lowest BCUT2D eigenvalue weighted by Gasteiger charge is -2.14. The van der Waals surface area contributed by atoms with E-state index in [2.05, 4.69) is 9.88 Å². The molecule has 2 rings (SSSR count). The summed E-state index contributed by atoms with van der Waals surface area (Å²) in [6.07, 6.45) is 3.81. The first-order valence-electron chi connectivity index (χ1n) is 6.08. The average molecular weight is 220 g/mol. The maximum Gasteiger partial charge on any atom is 0.182 e. The Bertz CT molecular complexity index is 392. The first-order valence-corrected chi connectivity index (χ1v) is 6.08. The van der Waals surface area contributed by atoms with E-state index in [1.807, 2.05) is 13.8 Å². The molecule has 0 aliphatic heterocycles. The van der Waals surface area contributed by atoms with Crippen LogP contribution in [0.3, 0.4) is 0 Å². The molecule has 3 nitrogen and oxygen atoms in total. The predicted molar refractivity (Wildman–Crippen MR) is 65.8 cm³/mol. The Kier molecular flexibility index (Phi) is 3.44. The fourth-order valence-corrected chi connectivity index (χ4v) is 2.07. The minimum atomic E-state index is 0.113. The number of aromatic nitrogens is 1. The second kappa shape index (κ2) is 4.83. The van der Waals surface area contributed by atoms with E-state index in [1.54, 1.807) is 12.1 Å². The van der Waals surface area contributed by atoms with Gasteiger partial charge in [-0.05, 0) is 39.7 Å². The molecule has 1 fully saturated rings. The lowest BCUT2D eigenvalue weighted by Crippen LogP contribution is -2.20. The molecule has 1 heterocycles. The summed E-state index contributed by atoms with van der Waals surface area (Å²) in [6.45, 7) is 6.08. The van der Waals surface area contributed by atoms with Crippen LogP contribution < -0.4 is 10.7 Å². The van der Waals surface area contributed by atoms with E-state index >= 15 is 0 Å². The lowest BCUT2D eigenvalue weighted by atomic mass is 10.2. The molecule has 1 aromatic heterocycles. The van der Waals surface area contributed by atoms with E-state index in [1.165, 1.54) is 12.8 Å². The molecule has 1 N–H and O–H groups in total. The topological polar surface area (TPSA) is 34.0 Å². The van der Waals surface area contributed by atoms with E-state index in [0.717, 1.165) is 36.9 Å². The highest BCUT2D eigenvalue weighted by Crippen LogP contribution is 2.18. The van der Waals surface area contributed by atoms with Crippen molar-refractivity contribution in [3.8, 4) is 0 Å². The van der Waals surface area contributed by atoms with Crippen LogP contribution in [0.25, 0.3) is 0 Å². The molecule has 0 aromatic carbocycles. The quantitative estimate of drug-likeness (QED) is 0.765. The monoisotopic (exact) mass is 220 g/mol. The summed E-state index contributed by atoms with van der Waals surface area (Å²) in [4.78, 5) is 11.3. The van der Waals surface area contributed by atoms with Gasteiger partial charge in [0.1, 0.15) is 0 Å². The van der Waals surface area contributed by atoms with Crippen LogP contribution in [0.1, 0.15) is 30.7 Å². The van der Waals surface area contributed by atoms with E-state index in [0.29, 0.717) is 0 Å². The highest BCUT2D eigenvalue weighted by atomic mass is 16.1. The molecule has 16 heavy (non-hydrogen) atoms. The summed E-state index contributed by atoms with van der Waals surface area (Å²) in [7, 11) is 0. The second-order valence-corrected chi connectivity index (χ2v) is 4.71. The van der Waals surface area contributed by atoms with Gasteiger partial charge < -0.3 is 9.88 Å². The van der Waals surface area contributed by atoms with Crippen LogP contribution in [0.5, 0.6) is 0 Å². The molecule has 0 spiro atoms. The van der Waals surface area contributed by atoms with Crippen molar-refractivity contribution in [2.75, 3.05) is 6.54 Å². The summed E-state index contributed by atoms with van der Waals surface area (Å²) in [5.74, 6) is 0. The minimum absolute atomic E-state index is 0.113. The molecule has 88 valence electrons. The molecular weight excluding hydrogens is 200 g/mol. The largest absolute Gasteiger partial charge is 0.349 e. The van der Waals surface area contributed by atoms with Gasteiger partial charge in [0.2, 0.25) is 0 Å². The Balaban J connectivity index is 1.89. The number of nitrogens with zero attached hydrogens (tertiary/aromatic N) is 1. The zero-order valence-corrected chi connectivity index (χ0v) is 10.1. The smallest absolute Gasteiger partial charge is 0.182 e. The van der Waals surface area contributed by atoms with Crippen LogP contribution in [0.2, 0.25) is 0 Å². The van der Waals surface area contributed by atoms with Crippen molar-refractivity contribution in [2.24, 2.45) is 0 Å². The first-order chi connectivity index (χ1) is 7.66. The standard InChI is InChI=1S/C13H20N2O/c1-10-8-13(16)9-11(2)15(10)7-3-6-14-12-4-5-12/h8-9,12,14H,3-7H2,1-2H3. The zero-order valence-electron chi connectivity index (χ0n) is 10.1. The van der Waals surface area contributed by atoms with Gasteiger partial charge in [0.15, 0.2) is 5.43 Å². The van der Waals surface area contributed by atoms with Gasteiger partial charge in [0.25, 0.3) is 0 Å². The molecule has 0 atom stereocenters. The highest BCUT2D eigenvalue weighted by Gasteiger charge is 2.19. The fraction of sp³-hybridized carbons (Fsp3) is 0.615. The Labute approximate surface area is 96.5 Å². The number of hydrogen-bond donors (Lipinski definition) is 1. The van der Waals surface area contributed by atoms with Crippen molar-refractivity contribution in [1.29, 1.82) is 0 Å². The molecule has 1 saturated carbocycles. The van der Waals surface area contributed by atoms with Crippen LogP contribution >= 0.6 is 0 Å². The molecule has 0 radical (unpaired) electrons. The van der Waals surface area contributed by atoms with Crippen LogP contribution in [0, 0.1) is 13.8 Å². The summed E-state index contributed by atoms with van der Waals surface area (Å²) >= 11 is 0. The van der Waals surface area contributed by atoms with Crippen molar-refractivity contribution < 1.29 is 0 Å². The number of hydrogen-bond acceptors (Lipinski definition) is 2. The maximum absolute atomic E-state index is 11.3. The van der Waals surface area contributed by atoms with Gasteiger partial charge in [0.05, 0.1) is 0 Å².